The number of rotatable bonds is 3. The topological polar surface area (TPSA) is 24.9 Å². The number of fused-ring (bicyclic) bond motifs is 3. The van der Waals surface area contributed by atoms with Gasteiger partial charge in [-0.1, -0.05) is 19.1 Å². The van der Waals surface area contributed by atoms with E-state index in [9.17, 15) is 0 Å². The van der Waals surface area contributed by atoms with Crippen LogP contribution in [0.3, 0.4) is 0 Å². The summed E-state index contributed by atoms with van der Waals surface area (Å²) in [5.74, 6) is 1.06. The Bertz CT molecular complexity index is 602. The van der Waals surface area contributed by atoms with E-state index in [4.69, 9.17) is 4.98 Å². The first-order valence-electron chi connectivity index (χ1n) is 7.45. The van der Waals surface area contributed by atoms with E-state index in [1.165, 1.54) is 53.3 Å². The smallest absolute Gasteiger partial charge is 0.129 e. The van der Waals surface area contributed by atoms with E-state index < -0.39 is 0 Å². The average Bonchev–Trinajstić information content (AvgIpc) is 2.45. The Balaban J connectivity index is 2.12. The van der Waals surface area contributed by atoms with E-state index >= 15 is 0 Å². The van der Waals surface area contributed by atoms with Crippen molar-refractivity contribution in [2.45, 2.75) is 46.0 Å². The molecule has 0 radical (unpaired) electrons. The van der Waals surface area contributed by atoms with Crippen molar-refractivity contribution in [3.8, 4) is 0 Å². The number of nitrogens with zero attached hydrogens (tertiary/aromatic N) is 1. The highest BCUT2D eigenvalue weighted by Crippen LogP contribution is 2.30. The molecule has 0 aliphatic heterocycles. The van der Waals surface area contributed by atoms with Gasteiger partial charge in [0.15, 0.2) is 0 Å². The summed E-state index contributed by atoms with van der Waals surface area (Å²) in [7, 11) is 0. The van der Waals surface area contributed by atoms with Crippen LogP contribution in [0.25, 0.3) is 10.9 Å². The van der Waals surface area contributed by atoms with Crippen molar-refractivity contribution in [1.29, 1.82) is 0 Å². The Hall–Kier alpha value is -1.57. The van der Waals surface area contributed by atoms with Gasteiger partial charge in [0, 0.05) is 11.9 Å². The number of benzene rings is 1. The molecule has 1 aliphatic carbocycles. The van der Waals surface area contributed by atoms with Gasteiger partial charge < -0.3 is 5.32 Å². The van der Waals surface area contributed by atoms with Gasteiger partial charge in [0.25, 0.3) is 0 Å². The van der Waals surface area contributed by atoms with Crippen molar-refractivity contribution in [2.24, 2.45) is 0 Å². The summed E-state index contributed by atoms with van der Waals surface area (Å²) < 4.78 is 0. The normalized spacial score (nSPS) is 14.4. The highest BCUT2D eigenvalue weighted by atomic mass is 15.0. The molecule has 19 heavy (non-hydrogen) atoms. The van der Waals surface area contributed by atoms with E-state index in [1.54, 1.807) is 0 Å². The zero-order valence-corrected chi connectivity index (χ0v) is 11.9. The summed E-state index contributed by atoms with van der Waals surface area (Å²) in [6, 6.07) is 6.81. The van der Waals surface area contributed by atoms with Gasteiger partial charge in [0.05, 0.1) is 5.52 Å². The van der Waals surface area contributed by atoms with Gasteiger partial charge in [-0.05, 0) is 61.8 Å². The number of aromatic nitrogens is 1. The summed E-state index contributed by atoms with van der Waals surface area (Å²) in [5.41, 5.74) is 5.47. The maximum absolute atomic E-state index is 4.91. The van der Waals surface area contributed by atoms with Crippen LogP contribution in [0.1, 0.15) is 42.9 Å². The fraction of sp³-hybridized carbons (Fsp3) is 0.471. The molecule has 0 unspecified atom stereocenters. The maximum atomic E-state index is 4.91. The van der Waals surface area contributed by atoms with Crippen LogP contribution < -0.4 is 5.32 Å². The number of anilines is 1. The van der Waals surface area contributed by atoms with Crippen LogP contribution in [0.2, 0.25) is 0 Å². The summed E-state index contributed by atoms with van der Waals surface area (Å²) in [6.45, 7) is 5.32. The molecule has 0 saturated carbocycles. The van der Waals surface area contributed by atoms with Crippen LogP contribution in [0.15, 0.2) is 18.2 Å². The van der Waals surface area contributed by atoms with Crippen LogP contribution in [-0.2, 0) is 12.8 Å². The molecule has 2 heteroatoms. The van der Waals surface area contributed by atoms with Gasteiger partial charge in [-0.15, -0.1) is 0 Å². The van der Waals surface area contributed by atoms with Crippen molar-refractivity contribution in [2.75, 3.05) is 11.9 Å². The quantitative estimate of drug-likeness (QED) is 0.886. The second-order valence-electron chi connectivity index (χ2n) is 5.56. The van der Waals surface area contributed by atoms with Gasteiger partial charge in [0.1, 0.15) is 5.82 Å². The lowest BCUT2D eigenvalue weighted by molar-refractivity contribution is 0.689. The van der Waals surface area contributed by atoms with Crippen molar-refractivity contribution in [3.63, 3.8) is 0 Å². The minimum atomic E-state index is 0.994. The molecule has 0 fully saturated rings. The molecular weight excluding hydrogens is 232 g/mol. The van der Waals surface area contributed by atoms with E-state index in [1.807, 2.05) is 0 Å². The third-order valence-electron chi connectivity index (χ3n) is 4.05. The first kappa shape index (κ1) is 12.5. The minimum absolute atomic E-state index is 0.994. The van der Waals surface area contributed by atoms with Crippen LogP contribution in [0.5, 0.6) is 0 Å². The molecular formula is C17H22N2. The summed E-state index contributed by atoms with van der Waals surface area (Å²) >= 11 is 0. The molecule has 1 heterocycles. The van der Waals surface area contributed by atoms with Crippen molar-refractivity contribution in [3.05, 3.63) is 34.9 Å². The van der Waals surface area contributed by atoms with Crippen LogP contribution in [0, 0.1) is 6.92 Å². The molecule has 0 amide bonds. The number of hydrogen-bond acceptors (Lipinski definition) is 2. The second-order valence-corrected chi connectivity index (χ2v) is 5.56. The highest BCUT2D eigenvalue weighted by Gasteiger charge is 2.14. The van der Waals surface area contributed by atoms with E-state index in [0.717, 1.165) is 18.8 Å². The van der Waals surface area contributed by atoms with E-state index in [0.29, 0.717) is 0 Å². The second kappa shape index (κ2) is 5.20. The van der Waals surface area contributed by atoms with Gasteiger partial charge in [0.2, 0.25) is 0 Å². The van der Waals surface area contributed by atoms with E-state index in [2.05, 4.69) is 37.4 Å². The fourth-order valence-electron chi connectivity index (χ4n) is 3.00. The molecule has 0 spiro atoms. The fourth-order valence-corrected chi connectivity index (χ4v) is 3.00. The number of pyridine rings is 1. The maximum Gasteiger partial charge on any atom is 0.129 e. The van der Waals surface area contributed by atoms with Crippen LogP contribution in [-0.4, -0.2) is 11.5 Å². The zero-order valence-electron chi connectivity index (χ0n) is 11.9. The largest absolute Gasteiger partial charge is 0.370 e. The van der Waals surface area contributed by atoms with Gasteiger partial charge in [-0.2, -0.15) is 0 Å². The molecule has 1 aromatic heterocycles. The molecule has 1 N–H and O–H groups in total. The molecule has 100 valence electrons. The predicted octanol–water partition coefficient (Wildman–Crippen LogP) is 4.24. The molecule has 2 aromatic rings. The van der Waals surface area contributed by atoms with Gasteiger partial charge in [-0.25, -0.2) is 4.98 Å². The minimum Gasteiger partial charge on any atom is -0.370 e. The Morgan fingerprint density at radius 1 is 1.21 bits per heavy atom. The van der Waals surface area contributed by atoms with Crippen LogP contribution in [0.4, 0.5) is 5.82 Å². The average molecular weight is 254 g/mol. The third kappa shape index (κ3) is 2.32. The first-order valence-corrected chi connectivity index (χ1v) is 7.45. The molecule has 1 aliphatic rings. The lowest BCUT2D eigenvalue weighted by Gasteiger charge is -2.18. The Kier molecular flexibility index (Phi) is 3.41. The summed E-state index contributed by atoms with van der Waals surface area (Å²) in [6.07, 6.45) is 6.17. The van der Waals surface area contributed by atoms with Crippen molar-refractivity contribution < 1.29 is 0 Å². The highest BCUT2D eigenvalue weighted by molar-refractivity contribution is 5.85. The lowest BCUT2D eigenvalue weighted by atomic mass is 9.89. The first-order chi connectivity index (χ1) is 9.29. The zero-order chi connectivity index (χ0) is 13.2. The van der Waals surface area contributed by atoms with Crippen LogP contribution >= 0.6 is 0 Å². The van der Waals surface area contributed by atoms with Gasteiger partial charge >= 0.3 is 0 Å². The summed E-state index contributed by atoms with van der Waals surface area (Å²) in [5, 5.41) is 4.74. The Labute approximate surface area is 115 Å². The summed E-state index contributed by atoms with van der Waals surface area (Å²) in [4.78, 5) is 4.91. The molecule has 2 nitrogen and oxygen atoms in total. The molecule has 0 saturated heterocycles. The number of hydrogen-bond donors (Lipinski definition) is 1. The molecule has 0 atom stereocenters. The Morgan fingerprint density at radius 2 is 2.05 bits per heavy atom. The molecule has 3 rings (SSSR count). The lowest BCUT2D eigenvalue weighted by Crippen LogP contribution is -2.07. The number of aryl methyl sites for hydroxylation is 3. The van der Waals surface area contributed by atoms with Gasteiger partial charge in [-0.3, -0.25) is 0 Å². The van der Waals surface area contributed by atoms with Crippen molar-refractivity contribution in [1.82, 2.24) is 4.98 Å². The SMILES string of the molecule is CCCNc1nc2c3c(ccc2cc1C)CCCC3. The third-order valence-corrected chi connectivity index (χ3v) is 4.05. The standard InChI is InChI=1S/C17H22N2/c1-3-10-18-17-12(2)11-14-9-8-13-6-4-5-7-15(13)16(14)19-17/h8-9,11H,3-7,10H2,1-2H3,(H,18,19). The molecule has 0 bridgehead atoms. The van der Waals surface area contributed by atoms with E-state index in [-0.39, 0.29) is 0 Å². The molecule has 1 aromatic carbocycles. The predicted molar refractivity (Wildman–Crippen MR) is 81.9 cm³/mol. The monoisotopic (exact) mass is 254 g/mol. The van der Waals surface area contributed by atoms with Crippen molar-refractivity contribution >= 4 is 16.7 Å². The number of nitrogens with one attached hydrogen (secondary N) is 1. The Morgan fingerprint density at radius 3 is 2.89 bits per heavy atom.